The SMILES string of the molecule is C[C@@H]1CC2CC(OCc3c(-c4ccccc4OC(F)(F)F)noc3C3CC3)CC1N2c1nc2c(F)cc(C(=O)O)cc2s1. The smallest absolute Gasteiger partial charge is 0.478 e. The highest BCUT2D eigenvalue weighted by atomic mass is 32.1. The topological polar surface area (TPSA) is 97.9 Å². The van der Waals surface area contributed by atoms with E-state index in [1.165, 1.54) is 35.6 Å². The van der Waals surface area contributed by atoms with Crippen molar-refractivity contribution in [2.24, 2.45) is 5.92 Å². The van der Waals surface area contributed by atoms with Crippen molar-refractivity contribution in [1.29, 1.82) is 0 Å². The second-order valence-corrected chi connectivity index (χ2v) is 12.6. The Morgan fingerprint density at radius 3 is 2.70 bits per heavy atom. The summed E-state index contributed by atoms with van der Waals surface area (Å²) in [5.74, 6) is -1.08. The molecule has 1 saturated carbocycles. The van der Waals surface area contributed by atoms with Gasteiger partial charge in [0, 0.05) is 29.1 Å². The zero-order valence-corrected chi connectivity index (χ0v) is 23.8. The molecule has 2 aromatic carbocycles. The number of rotatable bonds is 8. The maximum Gasteiger partial charge on any atom is 0.573 e. The summed E-state index contributed by atoms with van der Waals surface area (Å²) in [5, 5.41) is 14.2. The fourth-order valence-electron chi connectivity index (χ4n) is 6.53. The molecule has 4 atom stereocenters. The zero-order valence-electron chi connectivity index (χ0n) is 22.9. The number of thiazole rings is 1. The summed E-state index contributed by atoms with van der Waals surface area (Å²) in [7, 11) is 0. The molecule has 2 aromatic heterocycles. The van der Waals surface area contributed by atoms with Crippen LogP contribution in [0.3, 0.4) is 0 Å². The minimum absolute atomic E-state index is 0.0806. The van der Waals surface area contributed by atoms with Crippen molar-refractivity contribution in [3.05, 3.63) is 59.1 Å². The number of carboxylic acid groups (broad SMARTS) is 1. The van der Waals surface area contributed by atoms with Crippen molar-refractivity contribution in [1.82, 2.24) is 10.1 Å². The van der Waals surface area contributed by atoms with Gasteiger partial charge in [-0.25, -0.2) is 14.2 Å². The van der Waals surface area contributed by atoms with Gasteiger partial charge in [0.25, 0.3) is 0 Å². The average molecular weight is 618 g/mol. The van der Waals surface area contributed by atoms with Crippen molar-refractivity contribution in [3.63, 3.8) is 0 Å². The first kappa shape index (κ1) is 28.1. The van der Waals surface area contributed by atoms with E-state index in [-0.39, 0.29) is 58.8 Å². The van der Waals surface area contributed by atoms with Gasteiger partial charge in [0.1, 0.15) is 22.7 Å². The predicted molar refractivity (Wildman–Crippen MR) is 149 cm³/mol. The number of ether oxygens (including phenoxy) is 2. The van der Waals surface area contributed by atoms with Gasteiger partial charge in [-0.3, -0.25) is 0 Å². The molecule has 3 fully saturated rings. The standard InChI is InChI=1S/C30H27F4N3O5S/c1-14-8-17-11-18(12-22(14)37(17)29-35-26-21(31)9-16(28(38)39)10-24(26)43-29)40-13-20-25(36-42-27(20)15-6-7-15)19-4-2-3-5-23(19)41-30(32,33)34/h2-5,9-10,14-15,17-18,22H,6-8,11-13H2,1H3,(H,38,39)/t14-,17?,18?,22?/m1/s1. The number of carbonyl (C=O) groups is 1. The number of hydrogen-bond donors (Lipinski definition) is 1. The van der Waals surface area contributed by atoms with Crippen LogP contribution in [0.15, 0.2) is 40.9 Å². The van der Waals surface area contributed by atoms with Crippen molar-refractivity contribution in [2.45, 2.75) is 76.1 Å². The quantitative estimate of drug-likeness (QED) is 0.203. The number of fused-ring (bicyclic) bond motifs is 3. The van der Waals surface area contributed by atoms with Crippen LogP contribution >= 0.6 is 11.3 Å². The molecule has 7 rings (SSSR count). The predicted octanol–water partition coefficient (Wildman–Crippen LogP) is 7.53. The molecule has 13 heteroatoms. The fourth-order valence-corrected chi connectivity index (χ4v) is 7.68. The second-order valence-electron chi connectivity index (χ2n) is 11.5. The Morgan fingerprint density at radius 2 is 1.98 bits per heavy atom. The van der Waals surface area contributed by atoms with Gasteiger partial charge in [0.2, 0.25) is 0 Å². The van der Waals surface area contributed by atoms with Gasteiger partial charge in [-0.1, -0.05) is 35.5 Å². The van der Waals surface area contributed by atoms with Gasteiger partial charge in [-0.2, -0.15) is 0 Å². The minimum Gasteiger partial charge on any atom is -0.478 e. The van der Waals surface area contributed by atoms with E-state index in [1.807, 2.05) is 0 Å². The number of aromatic nitrogens is 2. The molecule has 4 heterocycles. The molecule has 8 nitrogen and oxygen atoms in total. The highest BCUT2D eigenvalue weighted by molar-refractivity contribution is 7.22. The number of aromatic carboxylic acids is 1. The minimum atomic E-state index is -4.85. The Bertz CT molecular complexity index is 1700. The third kappa shape index (κ3) is 5.33. The van der Waals surface area contributed by atoms with Gasteiger partial charge in [-0.15, -0.1) is 13.2 Å². The number of anilines is 1. The lowest BCUT2D eigenvalue weighted by Gasteiger charge is -2.39. The number of halogens is 4. The molecule has 0 radical (unpaired) electrons. The van der Waals surface area contributed by atoms with Crippen molar-refractivity contribution >= 4 is 32.7 Å². The molecule has 43 heavy (non-hydrogen) atoms. The van der Waals surface area contributed by atoms with Crippen molar-refractivity contribution in [2.75, 3.05) is 4.90 Å². The van der Waals surface area contributed by atoms with E-state index in [0.29, 0.717) is 39.9 Å². The summed E-state index contributed by atoms with van der Waals surface area (Å²) in [6.07, 6.45) is -0.878. The molecule has 1 N–H and O–H groups in total. The number of benzene rings is 2. The molecule has 0 spiro atoms. The maximum absolute atomic E-state index is 14.7. The van der Waals surface area contributed by atoms with Crippen LogP contribution < -0.4 is 9.64 Å². The number of alkyl halides is 3. The molecular weight excluding hydrogens is 590 g/mol. The largest absolute Gasteiger partial charge is 0.573 e. The van der Waals surface area contributed by atoms with Crippen LogP contribution in [0.25, 0.3) is 21.5 Å². The Hall–Kier alpha value is -3.71. The first-order chi connectivity index (χ1) is 20.6. The summed E-state index contributed by atoms with van der Waals surface area (Å²) in [5.41, 5.74) is 1.16. The van der Waals surface area contributed by atoms with Crippen LogP contribution in [0.1, 0.15) is 66.6 Å². The highest BCUT2D eigenvalue weighted by Crippen LogP contribution is 2.48. The zero-order chi connectivity index (χ0) is 30.0. The van der Waals surface area contributed by atoms with Crippen molar-refractivity contribution < 1.29 is 41.5 Å². The van der Waals surface area contributed by atoms with E-state index >= 15 is 0 Å². The number of nitrogens with zero attached hydrogens (tertiary/aromatic N) is 3. The molecule has 0 amide bonds. The van der Waals surface area contributed by atoms with Gasteiger partial charge >= 0.3 is 12.3 Å². The van der Waals surface area contributed by atoms with Crippen LogP contribution in [0.5, 0.6) is 5.75 Å². The van der Waals surface area contributed by atoms with E-state index in [0.717, 1.165) is 25.3 Å². The van der Waals surface area contributed by atoms with Crippen LogP contribution in [0, 0.1) is 11.7 Å². The normalized spacial score (nSPS) is 23.7. The molecular formula is C30H27F4N3O5S. The van der Waals surface area contributed by atoms with E-state index in [9.17, 15) is 27.5 Å². The highest BCUT2D eigenvalue weighted by Gasteiger charge is 2.47. The Labute approximate surface area is 247 Å². The van der Waals surface area contributed by atoms with E-state index < -0.39 is 18.1 Å². The average Bonchev–Trinajstić information content (AvgIpc) is 3.49. The summed E-state index contributed by atoms with van der Waals surface area (Å²) < 4.78 is 71.0. The number of carboxylic acids is 1. The molecule has 3 aliphatic rings. The molecule has 2 bridgehead atoms. The summed E-state index contributed by atoms with van der Waals surface area (Å²) in [6, 6.07) is 8.49. The van der Waals surface area contributed by atoms with E-state index in [2.05, 4.69) is 26.7 Å². The van der Waals surface area contributed by atoms with Crippen LogP contribution in [-0.2, 0) is 11.3 Å². The molecule has 226 valence electrons. The van der Waals surface area contributed by atoms with E-state index in [1.54, 1.807) is 6.07 Å². The summed E-state index contributed by atoms with van der Waals surface area (Å²) >= 11 is 1.29. The van der Waals surface area contributed by atoms with E-state index in [4.69, 9.17) is 9.26 Å². The lowest BCUT2D eigenvalue weighted by molar-refractivity contribution is -0.274. The molecule has 3 unspecified atom stereocenters. The number of piperidine rings is 1. The maximum atomic E-state index is 14.7. The summed E-state index contributed by atoms with van der Waals surface area (Å²) in [4.78, 5) is 18.2. The molecule has 2 aliphatic heterocycles. The number of para-hydroxylation sites is 1. The second kappa shape index (κ2) is 10.5. The lowest BCUT2D eigenvalue weighted by atomic mass is 9.97. The summed E-state index contributed by atoms with van der Waals surface area (Å²) in [6.45, 7) is 2.30. The molecule has 1 aliphatic carbocycles. The van der Waals surface area contributed by atoms with Crippen LogP contribution in [-0.4, -0.2) is 45.8 Å². The first-order valence-electron chi connectivity index (χ1n) is 14.1. The molecule has 2 saturated heterocycles. The lowest BCUT2D eigenvalue weighted by Crippen LogP contribution is -2.46. The van der Waals surface area contributed by atoms with Gasteiger partial charge < -0.3 is 24.0 Å². The number of hydrogen-bond acceptors (Lipinski definition) is 8. The van der Waals surface area contributed by atoms with Gasteiger partial charge in [0.05, 0.1) is 23.0 Å². The monoisotopic (exact) mass is 617 g/mol. The molecule has 4 aromatic rings. The van der Waals surface area contributed by atoms with Crippen LogP contribution in [0.4, 0.5) is 22.7 Å². The third-order valence-electron chi connectivity index (χ3n) is 8.59. The Balaban J connectivity index is 1.12. The third-order valence-corrected chi connectivity index (χ3v) is 9.61. The van der Waals surface area contributed by atoms with Gasteiger partial charge in [-0.05, 0) is 62.3 Å². The van der Waals surface area contributed by atoms with Crippen molar-refractivity contribution in [3.8, 4) is 17.0 Å². The first-order valence-corrected chi connectivity index (χ1v) is 14.9. The van der Waals surface area contributed by atoms with Crippen LogP contribution in [0.2, 0.25) is 0 Å². The fraction of sp³-hybridized carbons (Fsp3) is 0.433. The van der Waals surface area contributed by atoms with Gasteiger partial charge in [0.15, 0.2) is 10.9 Å². The Kier molecular flexibility index (Phi) is 6.84. The Morgan fingerprint density at radius 1 is 1.19 bits per heavy atom.